The van der Waals surface area contributed by atoms with Crippen molar-refractivity contribution in [3.05, 3.63) is 47.8 Å². The van der Waals surface area contributed by atoms with E-state index in [4.69, 9.17) is 0 Å². The average Bonchev–Trinajstić information content (AvgIpc) is 2.86. The molecule has 0 unspecified atom stereocenters. The number of ketones is 1. The van der Waals surface area contributed by atoms with Crippen molar-refractivity contribution in [2.24, 2.45) is 0 Å². The molecule has 0 spiro atoms. The van der Waals surface area contributed by atoms with E-state index in [2.05, 4.69) is 15.0 Å². The molecule has 20 heavy (non-hydrogen) atoms. The van der Waals surface area contributed by atoms with Crippen LogP contribution in [0.25, 0.3) is 0 Å². The lowest BCUT2D eigenvalue weighted by molar-refractivity contribution is -0.0891. The minimum Gasteiger partial charge on any atom is -0.342 e. The number of alkyl halides is 3. The van der Waals surface area contributed by atoms with Crippen LogP contribution in [-0.2, 0) is 0 Å². The van der Waals surface area contributed by atoms with E-state index in [1.807, 2.05) is 0 Å². The molecule has 8 heteroatoms. The monoisotopic (exact) mass is 305 g/mol. The van der Waals surface area contributed by atoms with Gasteiger partial charge in [-0.15, -0.1) is 12.4 Å². The van der Waals surface area contributed by atoms with Crippen molar-refractivity contribution in [2.45, 2.75) is 19.0 Å². The third-order valence-corrected chi connectivity index (χ3v) is 2.72. The zero-order valence-corrected chi connectivity index (χ0v) is 11.1. The van der Waals surface area contributed by atoms with Crippen LogP contribution >= 0.6 is 12.4 Å². The van der Waals surface area contributed by atoms with Gasteiger partial charge < -0.3 is 4.98 Å². The van der Waals surface area contributed by atoms with E-state index in [9.17, 15) is 18.0 Å². The maximum atomic E-state index is 12.3. The molecule has 0 radical (unpaired) electrons. The number of aromatic nitrogens is 3. The Balaban J connectivity index is 0.00000200. The Labute approximate surface area is 118 Å². The van der Waals surface area contributed by atoms with Crippen molar-refractivity contribution in [3.8, 4) is 0 Å². The maximum Gasteiger partial charge on any atom is 0.458 e. The summed E-state index contributed by atoms with van der Waals surface area (Å²) in [5.41, 5.74) is 1.23. The van der Waals surface area contributed by atoms with Crippen LogP contribution in [0.1, 0.15) is 34.7 Å². The summed E-state index contributed by atoms with van der Waals surface area (Å²) in [6, 6.07) is 3.48. The number of rotatable bonds is 3. The molecule has 0 saturated heterocycles. The molecule has 1 atom stereocenters. The van der Waals surface area contributed by atoms with Gasteiger partial charge in [-0.1, -0.05) is 6.92 Å². The summed E-state index contributed by atoms with van der Waals surface area (Å²) >= 11 is 0. The molecule has 0 aromatic carbocycles. The zero-order valence-electron chi connectivity index (χ0n) is 10.3. The van der Waals surface area contributed by atoms with Crippen molar-refractivity contribution >= 4 is 18.2 Å². The lowest BCUT2D eigenvalue weighted by Crippen LogP contribution is -2.24. The highest BCUT2D eigenvalue weighted by Gasteiger charge is 2.41. The Morgan fingerprint density at radius 3 is 2.45 bits per heavy atom. The molecule has 0 fully saturated rings. The highest BCUT2D eigenvalue weighted by molar-refractivity contribution is 5.97. The Bertz CT molecular complexity index is 583. The van der Waals surface area contributed by atoms with Gasteiger partial charge in [-0.05, 0) is 17.7 Å². The van der Waals surface area contributed by atoms with Crippen molar-refractivity contribution in [1.82, 2.24) is 15.0 Å². The van der Waals surface area contributed by atoms with Crippen molar-refractivity contribution < 1.29 is 18.0 Å². The van der Waals surface area contributed by atoms with Crippen LogP contribution in [-0.4, -0.2) is 26.9 Å². The van der Waals surface area contributed by atoms with Gasteiger partial charge in [0.05, 0.1) is 5.69 Å². The number of Topliss-reactive ketones (excluding diaryl/α,β-unsaturated/α-hetero) is 1. The second kappa shape index (κ2) is 6.04. The summed E-state index contributed by atoms with van der Waals surface area (Å²) in [4.78, 5) is 20.8. The molecule has 0 aliphatic carbocycles. The summed E-state index contributed by atoms with van der Waals surface area (Å²) in [6.45, 7) is 1.79. The predicted molar refractivity (Wildman–Crippen MR) is 68.0 cm³/mol. The fourth-order valence-corrected chi connectivity index (χ4v) is 1.63. The Morgan fingerprint density at radius 1 is 1.30 bits per heavy atom. The van der Waals surface area contributed by atoms with E-state index >= 15 is 0 Å². The van der Waals surface area contributed by atoms with Gasteiger partial charge >= 0.3 is 12.0 Å². The Morgan fingerprint density at radius 2 is 1.90 bits per heavy atom. The molecule has 2 aromatic rings. The second-order valence-electron chi connectivity index (χ2n) is 4.00. The number of hydrogen-bond acceptors (Lipinski definition) is 3. The summed E-state index contributed by atoms with van der Waals surface area (Å²) in [5.74, 6) is -2.89. The van der Waals surface area contributed by atoms with E-state index in [0.717, 1.165) is 5.56 Å². The van der Waals surface area contributed by atoms with Gasteiger partial charge in [0.25, 0.3) is 0 Å². The van der Waals surface area contributed by atoms with Crippen LogP contribution in [0.4, 0.5) is 13.2 Å². The topological polar surface area (TPSA) is 58.6 Å². The molecule has 2 heterocycles. The number of nitrogens with zero attached hydrogens (tertiary/aromatic N) is 2. The fourth-order valence-electron chi connectivity index (χ4n) is 1.63. The average molecular weight is 306 g/mol. The molecule has 0 saturated carbocycles. The molecule has 0 bridgehead atoms. The summed E-state index contributed by atoms with van der Waals surface area (Å²) < 4.78 is 36.8. The fraction of sp³-hybridized carbons (Fsp3) is 0.250. The molecule has 1 N–H and O–H groups in total. The highest BCUT2D eigenvalue weighted by Crippen LogP contribution is 2.24. The van der Waals surface area contributed by atoms with E-state index < -0.39 is 17.8 Å². The third-order valence-electron chi connectivity index (χ3n) is 2.72. The maximum absolute atomic E-state index is 12.3. The lowest BCUT2D eigenvalue weighted by Gasteiger charge is -2.07. The molecule has 2 rings (SSSR count). The van der Waals surface area contributed by atoms with Crippen LogP contribution < -0.4 is 0 Å². The molecule has 0 amide bonds. The predicted octanol–water partition coefficient (Wildman–Crippen LogP) is 3.12. The first kappa shape index (κ1) is 16.2. The summed E-state index contributed by atoms with van der Waals surface area (Å²) in [6.07, 6.45) is -0.445. The van der Waals surface area contributed by atoms with Crippen LogP contribution in [0, 0.1) is 0 Å². The first-order valence-corrected chi connectivity index (χ1v) is 5.46. The number of aromatic amines is 1. The molecular weight excluding hydrogens is 295 g/mol. The van der Waals surface area contributed by atoms with E-state index in [0.29, 0.717) is 5.69 Å². The number of halogens is 4. The lowest BCUT2D eigenvalue weighted by atomic mass is 10.00. The normalized spacial score (nSPS) is 12.6. The smallest absolute Gasteiger partial charge is 0.342 e. The number of pyridine rings is 1. The van der Waals surface area contributed by atoms with Crippen LogP contribution in [0.15, 0.2) is 30.7 Å². The molecule has 108 valence electrons. The zero-order chi connectivity index (χ0) is 14.0. The van der Waals surface area contributed by atoms with E-state index in [-0.39, 0.29) is 18.3 Å². The minimum atomic E-state index is -4.92. The van der Waals surface area contributed by atoms with Gasteiger partial charge in [-0.3, -0.25) is 9.78 Å². The first-order valence-electron chi connectivity index (χ1n) is 5.46. The molecule has 0 aliphatic heterocycles. The number of carbonyl (C=O) groups is 1. The number of imidazole rings is 1. The van der Waals surface area contributed by atoms with Crippen LogP contribution in [0.3, 0.4) is 0 Å². The molecule has 2 aromatic heterocycles. The Hall–Kier alpha value is -1.89. The largest absolute Gasteiger partial charge is 0.458 e. The summed E-state index contributed by atoms with van der Waals surface area (Å²) in [7, 11) is 0. The van der Waals surface area contributed by atoms with Gasteiger partial charge in [0, 0.05) is 24.5 Å². The van der Waals surface area contributed by atoms with Gasteiger partial charge in [0.1, 0.15) is 0 Å². The van der Waals surface area contributed by atoms with Gasteiger partial charge in [0.2, 0.25) is 0 Å². The summed E-state index contributed by atoms with van der Waals surface area (Å²) in [5, 5.41) is 0. The van der Waals surface area contributed by atoms with E-state index in [1.54, 1.807) is 31.5 Å². The van der Waals surface area contributed by atoms with Gasteiger partial charge in [-0.2, -0.15) is 13.2 Å². The van der Waals surface area contributed by atoms with Gasteiger partial charge in [0.15, 0.2) is 5.82 Å². The van der Waals surface area contributed by atoms with Gasteiger partial charge in [-0.25, -0.2) is 4.98 Å². The standard InChI is InChI=1S/C12H10F3N3O.ClH/c1-7(8-2-4-16-5-3-8)9-6-17-11(18-9)10(19)12(13,14)15;/h2-7H,1H3,(H,17,18);1H/t7-;/m0./s1. The number of nitrogens with one attached hydrogen (secondary N) is 1. The molecular formula is C12H11ClF3N3O. The second-order valence-corrected chi connectivity index (χ2v) is 4.00. The van der Waals surface area contributed by atoms with Crippen LogP contribution in [0.5, 0.6) is 0 Å². The van der Waals surface area contributed by atoms with Crippen molar-refractivity contribution in [3.63, 3.8) is 0 Å². The van der Waals surface area contributed by atoms with Crippen molar-refractivity contribution in [2.75, 3.05) is 0 Å². The van der Waals surface area contributed by atoms with Crippen LogP contribution in [0.2, 0.25) is 0 Å². The third kappa shape index (κ3) is 3.36. The van der Waals surface area contributed by atoms with Crippen molar-refractivity contribution in [1.29, 1.82) is 0 Å². The molecule has 0 aliphatic rings. The number of hydrogen-bond donors (Lipinski definition) is 1. The number of H-pyrrole nitrogens is 1. The highest BCUT2D eigenvalue weighted by atomic mass is 35.5. The number of carbonyl (C=O) groups excluding carboxylic acids is 1. The minimum absolute atomic E-state index is 0. The quantitative estimate of drug-likeness (QED) is 0.886. The van der Waals surface area contributed by atoms with E-state index in [1.165, 1.54) is 6.20 Å². The molecule has 4 nitrogen and oxygen atoms in total. The first-order chi connectivity index (χ1) is 8.89. The SMILES string of the molecule is C[C@@H](c1ccncc1)c1c[nH]c(C(=O)C(F)(F)F)n1.Cl. The Kier molecular flexibility index (Phi) is 4.88.